The number of nitrogens with zero attached hydrogens (tertiary/aromatic N) is 2. The molecule has 0 unspecified atom stereocenters. The Balaban J connectivity index is 1.44. The zero-order chi connectivity index (χ0) is 29.3. The third kappa shape index (κ3) is 2.98. The maximum absolute atomic E-state index is 6.62. The molecule has 8 aromatic rings. The van der Waals surface area contributed by atoms with E-state index in [0.717, 1.165) is 11.5 Å². The van der Waals surface area contributed by atoms with Crippen LogP contribution in [0.1, 0.15) is 26.3 Å². The van der Waals surface area contributed by atoms with Crippen molar-refractivity contribution in [2.75, 3.05) is 0 Å². The van der Waals surface area contributed by atoms with Crippen molar-refractivity contribution in [1.82, 2.24) is 9.13 Å². The minimum Gasteiger partial charge on any atom is -0.458 e. The number of ether oxygens (including phenoxy) is 1. The third-order valence-electron chi connectivity index (χ3n) is 9.93. The van der Waals surface area contributed by atoms with Gasteiger partial charge in [-0.3, -0.25) is 0 Å². The smallest absolute Gasteiger partial charge is 0.257 e. The van der Waals surface area contributed by atoms with Gasteiger partial charge < -0.3 is 13.9 Å². The van der Waals surface area contributed by atoms with Crippen LogP contribution in [0.15, 0.2) is 121 Å². The maximum Gasteiger partial charge on any atom is 0.257 e. The van der Waals surface area contributed by atoms with Gasteiger partial charge in [0.2, 0.25) is 0 Å². The SMILES string of the molecule is CC(C)(C)c1ccc(-n2c3ccccc3c3c4c5c(cc32)c2ccccc2n5-c2cccc3c2B4c2ccccc2O3)cc1. The van der Waals surface area contributed by atoms with Gasteiger partial charge in [-0.25, -0.2) is 0 Å². The quantitative estimate of drug-likeness (QED) is 0.184. The predicted octanol–water partition coefficient (Wildman–Crippen LogP) is 8.11. The lowest BCUT2D eigenvalue weighted by Crippen LogP contribution is -2.58. The van der Waals surface area contributed by atoms with E-state index in [0.29, 0.717) is 0 Å². The molecule has 0 saturated heterocycles. The standard InChI is InChI=1S/C40H29BN2O/c1-40(2,3)24-19-21-25(22-20-24)42-31-15-8-5-12-27(31)36-33(42)23-28-26-11-4-7-14-30(26)43-32-16-10-18-35-37(32)41(38(36)39(28)43)29-13-6-9-17-34(29)44-35/h4-23H,1-3H3. The molecule has 0 spiro atoms. The summed E-state index contributed by atoms with van der Waals surface area (Å²) in [6.45, 7) is 6.88. The molecule has 0 bridgehead atoms. The Morgan fingerprint density at radius 1 is 0.568 bits per heavy atom. The first kappa shape index (κ1) is 24.3. The van der Waals surface area contributed by atoms with Crippen molar-refractivity contribution in [3.8, 4) is 22.9 Å². The Morgan fingerprint density at radius 3 is 2.05 bits per heavy atom. The van der Waals surface area contributed by atoms with Gasteiger partial charge in [-0.15, -0.1) is 0 Å². The van der Waals surface area contributed by atoms with E-state index in [9.17, 15) is 0 Å². The van der Waals surface area contributed by atoms with Crippen molar-refractivity contribution in [3.05, 3.63) is 127 Å². The summed E-state index contributed by atoms with van der Waals surface area (Å²) in [6, 6.07) is 44.6. The molecule has 2 aromatic heterocycles. The van der Waals surface area contributed by atoms with E-state index in [1.54, 1.807) is 0 Å². The summed E-state index contributed by atoms with van der Waals surface area (Å²) in [5, 5.41) is 5.16. The highest BCUT2D eigenvalue weighted by atomic mass is 16.5. The first-order valence-corrected chi connectivity index (χ1v) is 15.5. The van der Waals surface area contributed by atoms with Gasteiger partial charge in [0.05, 0.1) is 22.1 Å². The highest BCUT2D eigenvalue weighted by molar-refractivity contribution is 7.01. The molecule has 0 aliphatic carbocycles. The Morgan fingerprint density at radius 2 is 1.25 bits per heavy atom. The molecule has 0 saturated carbocycles. The van der Waals surface area contributed by atoms with Crippen LogP contribution in [0.5, 0.6) is 11.5 Å². The number of rotatable bonds is 1. The molecule has 4 heterocycles. The maximum atomic E-state index is 6.62. The van der Waals surface area contributed by atoms with Crippen LogP contribution in [0.25, 0.3) is 55.0 Å². The van der Waals surface area contributed by atoms with Crippen LogP contribution in [-0.2, 0) is 5.41 Å². The van der Waals surface area contributed by atoms with E-state index in [1.165, 1.54) is 76.9 Å². The zero-order valence-corrected chi connectivity index (χ0v) is 24.9. The molecule has 2 aliphatic heterocycles. The summed E-state index contributed by atoms with van der Waals surface area (Å²) >= 11 is 0. The van der Waals surface area contributed by atoms with Gasteiger partial charge in [-0.05, 0) is 75.9 Å². The normalized spacial score (nSPS) is 13.5. The number of benzene rings is 6. The Labute approximate surface area is 256 Å². The van der Waals surface area contributed by atoms with Crippen LogP contribution in [0.2, 0.25) is 0 Å². The van der Waals surface area contributed by atoms with Gasteiger partial charge in [-0.2, -0.15) is 0 Å². The van der Waals surface area contributed by atoms with Gasteiger partial charge in [0, 0.05) is 32.9 Å². The molecule has 0 atom stereocenters. The van der Waals surface area contributed by atoms with Crippen LogP contribution in [0.3, 0.4) is 0 Å². The molecule has 0 amide bonds. The molecule has 0 radical (unpaired) electrons. The lowest BCUT2D eigenvalue weighted by molar-refractivity contribution is 0.487. The lowest BCUT2D eigenvalue weighted by atomic mass is 9.34. The second-order valence-corrected chi connectivity index (χ2v) is 13.3. The van der Waals surface area contributed by atoms with Crippen molar-refractivity contribution in [1.29, 1.82) is 0 Å². The van der Waals surface area contributed by atoms with E-state index in [-0.39, 0.29) is 12.1 Å². The molecular weight excluding hydrogens is 535 g/mol. The van der Waals surface area contributed by atoms with E-state index in [4.69, 9.17) is 4.74 Å². The minimum atomic E-state index is 0.0525. The monoisotopic (exact) mass is 564 g/mol. The second-order valence-electron chi connectivity index (χ2n) is 13.3. The number of aromatic nitrogens is 2. The average molecular weight is 564 g/mol. The Kier molecular flexibility index (Phi) is 4.54. The van der Waals surface area contributed by atoms with Gasteiger partial charge in [-0.1, -0.05) is 93.6 Å². The van der Waals surface area contributed by atoms with E-state index >= 15 is 0 Å². The van der Waals surface area contributed by atoms with Gasteiger partial charge in [0.25, 0.3) is 6.71 Å². The summed E-state index contributed by atoms with van der Waals surface area (Å²) < 4.78 is 11.6. The van der Waals surface area contributed by atoms with Crippen molar-refractivity contribution < 1.29 is 4.74 Å². The fourth-order valence-electron chi connectivity index (χ4n) is 8.02. The second kappa shape index (κ2) is 8.24. The third-order valence-corrected chi connectivity index (χ3v) is 9.93. The van der Waals surface area contributed by atoms with E-state index < -0.39 is 0 Å². The fourth-order valence-corrected chi connectivity index (χ4v) is 8.02. The molecule has 6 aromatic carbocycles. The molecule has 4 heteroatoms. The van der Waals surface area contributed by atoms with E-state index in [2.05, 4.69) is 151 Å². The first-order chi connectivity index (χ1) is 21.5. The number of hydrogen-bond donors (Lipinski definition) is 0. The largest absolute Gasteiger partial charge is 0.458 e. The molecule has 44 heavy (non-hydrogen) atoms. The average Bonchev–Trinajstić information content (AvgIpc) is 3.55. The van der Waals surface area contributed by atoms with Crippen molar-refractivity contribution in [2.45, 2.75) is 26.2 Å². The van der Waals surface area contributed by atoms with Crippen LogP contribution >= 0.6 is 0 Å². The van der Waals surface area contributed by atoms with E-state index in [1.807, 2.05) is 0 Å². The lowest BCUT2D eigenvalue weighted by Gasteiger charge is -2.33. The summed E-state index contributed by atoms with van der Waals surface area (Å²) in [7, 11) is 0. The molecule has 0 fully saturated rings. The number of fused-ring (bicyclic) bond motifs is 11. The van der Waals surface area contributed by atoms with Crippen molar-refractivity contribution >= 4 is 66.7 Å². The van der Waals surface area contributed by atoms with Crippen molar-refractivity contribution in [3.63, 3.8) is 0 Å². The molecule has 0 N–H and O–H groups in total. The molecule has 10 rings (SSSR count). The summed E-state index contributed by atoms with van der Waals surface area (Å²) in [4.78, 5) is 0. The first-order valence-electron chi connectivity index (χ1n) is 15.5. The van der Waals surface area contributed by atoms with Crippen LogP contribution < -0.4 is 21.1 Å². The zero-order valence-electron chi connectivity index (χ0n) is 24.9. The van der Waals surface area contributed by atoms with Crippen LogP contribution in [0, 0.1) is 0 Å². The topological polar surface area (TPSA) is 19.1 Å². The van der Waals surface area contributed by atoms with Gasteiger partial charge >= 0.3 is 0 Å². The highest BCUT2D eigenvalue weighted by Crippen LogP contribution is 2.42. The molecule has 208 valence electrons. The summed E-state index contributed by atoms with van der Waals surface area (Å²) in [5.74, 6) is 1.89. The summed E-state index contributed by atoms with van der Waals surface area (Å²) in [6.07, 6.45) is 0. The Bertz CT molecular complexity index is 2510. The molecular formula is C40H29BN2O. The number of para-hydroxylation sites is 3. The van der Waals surface area contributed by atoms with Crippen molar-refractivity contribution in [2.24, 2.45) is 0 Å². The number of hydrogen-bond acceptors (Lipinski definition) is 1. The minimum absolute atomic E-state index is 0.0525. The predicted molar refractivity (Wildman–Crippen MR) is 185 cm³/mol. The van der Waals surface area contributed by atoms with Crippen LogP contribution in [0.4, 0.5) is 0 Å². The van der Waals surface area contributed by atoms with Gasteiger partial charge in [0.1, 0.15) is 11.5 Å². The summed E-state index contributed by atoms with van der Waals surface area (Å²) in [5.41, 5.74) is 12.7. The molecule has 3 nitrogen and oxygen atoms in total. The van der Waals surface area contributed by atoms with Gasteiger partial charge in [0.15, 0.2) is 0 Å². The molecule has 2 aliphatic rings. The Hall–Kier alpha value is -5.22. The van der Waals surface area contributed by atoms with Crippen LogP contribution in [-0.4, -0.2) is 15.8 Å². The highest BCUT2D eigenvalue weighted by Gasteiger charge is 2.42. The fraction of sp³-hybridized carbons (Fsp3) is 0.100.